The molecule has 0 aliphatic carbocycles. The maximum Gasteiger partial charge on any atom is 0.471 e. The van der Waals surface area contributed by atoms with Crippen molar-refractivity contribution in [3.8, 4) is 5.75 Å². The molecule has 154 valence electrons. The highest BCUT2D eigenvalue weighted by Crippen LogP contribution is 2.34. The van der Waals surface area contributed by atoms with Crippen molar-refractivity contribution in [3.05, 3.63) is 63.9 Å². The number of hydrogen-bond acceptors (Lipinski definition) is 3. The van der Waals surface area contributed by atoms with Crippen molar-refractivity contribution >= 4 is 23.3 Å². The van der Waals surface area contributed by atoms with Gasteiger partial charge in [0.25, 0.3) is 0 Å². The van der Waals surface area contributed by atoms with Crippen LogP contribution >= 0.6 is 11.6 Å². The van der Waals surface area contributed by atoms with Gasteiger partial charge < -0.3 is 9.64 Å². The Bertz CT molecular complexity index is 929. The summed E-state index contributed by atoms with van der Waals surface area (Å²) in [6.07, 6.45) is -4.62. The van der Waals surface area contributed by atoms with Crippen LogP contribution in [-0.4, -0.2) is 42.5 Å². The molecule has 9 heteroatoms. The minimum Gasteiger partial charge on any atom is -0.484 e. The number of rotatable bonds is 4. The van der Waals surface area contributed by atoms with E-state index in [1.165, 1.54) is 12.1 Å². The molecule has 29 heavy (non-hydrogen) atoms. The quantitative estimate of drug-likeness (QED) is 0.540. The summed E-state index contributed by atoms with van der Waals surface area (Å²) < 4.78 is 56.8. The first-order valence-corrected chi connectivity index (χ1v) is 9.12. The van der Waals surface area contributed by atoms with Crippen molar-refractivity contribution in [2.45, 2.75) is 19.0 Å². The largest absolute Gasteiger partial charge is 0.484 e. The van der Waals surface area contributed by atoms with Gasteiger partial charge in [0, 0.05) is 24.2 Å². The van der Waals surface area contributed by atoms with E-state index in [4.69, 9.17) is 16.3 Å². The van der Waals surface area contributed by atoms with Gasteiger partial charge in [-0.1, -0.05) is 17.7 Å². The number of hydrogen-bond donors (Lipinski definition) is 0. The van der Waals surface area contributed by atoms with Crippen LogP contribution < -0.4 is 4.74 Å². The molecule has 0 saturated carbocycles. The Morgan fingerprint density at radius 1 is 1.03 bits per heavy atom. The molecule has 0 N–H and O–H groups in total. The molecule has 3 rings (SSSR count). The number of ether oxygens (including phenoxy) is 1. The van der Waals surface area contributed by atoms with Gasteiger partial charge in [-0.3, -0.25) is 9.59 Å². The number of alkyl halides is 3. The van der Waals surface area contributed by atoms with Crippen molar-refractivity contribution in [3.63, 3.8) is 0 Å². The Hall–Kier alpha value is -2.61. The molecule has 1 heterocycles. The Balaban J connectivity index is 1.76. The average Bonchev–Trinajstić information content (AvgIpc) is 2.89. The van der Waals surface area contributed by atoms with E-state index in [0.29, 0.717) is 11.1 Å². The summed E-state index contributed by atoms with van der Waals surface area (Å²) in [7, 11) is 0. The number of ketones is 1. The van der Waals surface area contributed by atoms with Crippen LogP contribution in [0.2, 0.25) is 5.02 Å². The summed E-state index contributed by atoms with van der Waals surface area (Å²) in [4.78, 5) is 24.6. The van der Waals surface area contributed by atoms with E-state index in [2.05, 4.69) is 0 Å². The molecule has 0 spiro atoms. The number of halogens is 5. The van der Waals surface area contributed by atoms with Crippen LogP contribution in [0.5, 0.6) is 5.75 Å². The number of carbonyl (C=O) groups is 2. The molecule has 0 atom stereocenters. The molecule has 2 aromatic rings. The highest BCUT2D eigenvalue weighted by molar-refractivity contribution is 6.32. The fourth-order valence-electron chi connectivity index (χ4n) is 3.16. The molecule has 1 aliphatic heterocycles. The van der Waals surface area contributed by atoms with E-state index < -0.39 is 23.7 Å². The average molecular weight is 430 g/mol. The Kier molecular flexibility index (Phi) is 6.12. The van der Waals surface area contributed by atoms with E-state index in [1.807, 2.05) is 0 Å². The predicted octanol–water partition coefficient (Wildman–Crippen LogP) is 4.23. The van der Waals surface area contributed by atoms with Crippen molar-refractivity contribution in [2.24, 2.45) is 0 Å². The Labute approximate surface area is 169 Å². The lowest BCUT2D eigenvalue weighted by molar-refractivity contribution is -0.185. The lowest BCUT2D eigenvalue weighted by Gasteiger charge is -2.21. The summed E-state index contributed by atoms with van der Waals surface area (Å²) in [5.74, 6) is -2.55. The predicted molar refractivity (Wildman–Crippen MR) is 97.7 cm³/mol. The van der Waals surface area contributed by atoms with E-state index >= 15 is 0 Å². The molecule has 0 saturated heterocycles. The number of nitrogens with zero attached hydrogens (tertiary/aromatic N) is 1. The van der Waals surface area contributed by atoms with E-state index in [9.17, 15) is 27.2 Å². The zero-order chi connectivity index (χ0) is 21.2. The summed E-state index contributed by atoms with van der Waals surface area (Å²) in [6, 6.07) is 8.18. The summed E-state index contributed by atoms with van der Waals surface area (Å²) in [5, 5.41) is 0.214. The summed E-state index contributed by atoms with van der Waals surface area (Å²) >= 11 is 6.19. The standard InChI is InChI=1S/C20H16ClF4NO3/c21-16-6-3-12-7-9-26(19(28)20(23,24)25)10-8-15(12)18(16)29-11-17(27)13-1-4-14(22)5-2-13/h1-6H,7-11H2. The zero-order valence-electron chi connectivity index (χ0n) is 15.1. The van der Waals surface area contributed by atoms with Gasteiger partial charge in [0.1, 0.15) is 11.6 Å². The smallest absolute Gasteiger partial charge is 0.471 e. The third-order valence-electron chi connectivity index (χ3n) is 4.64. The van der Waals surface area contributed by atoms with Gasteiger partial charge in [-0.2, -0.15) is 13.2 Å². The second-order valence-electron chi connectivity index (χ2n) is 6.52. The molecule has 0 radical (unpaired) electrons. The van der Waals surface area contributed by atoms with Gasteiger partial charge in [0.15, 0.2) is 12.4 Å². The first kappa shape index (κ1) is 21.1. The van der Waals surface area contributed by atoms with Crippen molar-refractivity contribution in [1.29, 1.82) is 0 Å². The number of benzene rings is 2. The fraction of sp³-hybridized carbons (Fsp3) is 0.300. The Morgan fingerprint density at radius 2 is 1.69 bits per heavy atom. The number of carbonyl (C=O) groups excluding carboxylic acids is 2. The van der Waals surface area contributed by atoms with Crippen LogP contribution in [0.4, 0.5) is 17.6 Å². The first-order chi connectivity index (χ1) is 13.7. The molecule has 0 bridgehead atoms. The van der Waals surface area contributed by atoms with Gasteiger partial charge >= 0.3 is 12.1 Å². The lowest BCUT2D eigenvalue weighted by Crippen LogP contribution is -2.42. The first-order valence-electron chi connectivity index (χ1n) is 8.74. The van der Waals surface area contributed by atoms with E-state index in [-0.39, 0.29) is 48.9 Å². The van der Waals surface area contributed by atoms with Crippen LogP contribution in [0.25, 0.3) is 0 Å². The normalized spacial score (nSPS) is 14.2. The number of Topliss-reactive ketones (excluding diaryl/α,β-unsaturated/α-hetero) is 1. The van der Waals surface area contributed by atoms with Gasteiger partial charge in [-0.25, -0.2) is 4.39 Å². The van der Waals surface area contributed by atoms with Gasteiger partial charge in [0.05, 0.1) is 5.02 Å². The monoisotopic (exact) mass is 429 g/mol. The molecule has 1 amide bonds. The SMILES string of the molecule is O=C(COc1c(Cl)ccc2c1CCN(C(=O)C(F)(F)F)CC2)c1ccc(F)cc1. The topological polar surface area (TPSA) is 46.6 Å². The number of amides is 1. The number of fused-ring (bicyclic) bond motifs is 1. The third kappa shape index (κ3) is 4.87. The van der Waals surface area contributed by atoms with E-state index in [0.717, 1.165) is 17.0 Å². The van der Waals surface area contributed by atoms with Crippen LogP contribution in [-0.2, 0) is 17.6 Å². The summed E-state index contributed by atoms with van der Waals surface area (Å²) in [6.45, 7) is -0.595. The molecule has 0 aromatic heterocycles. The van der Waals surface area contributed by atoms with Crippen molar-refractivity contribution < 1.29 is 31.9 Å². The van der Waals surface area contributed by atoms with Crippen molar-refractivity contribution in [1.82, 2.24) is 4.90 Å². The van der Waals surface area contributed by atoms with E-state index in [1.54, 1.807) is 12.1 Å². The molecule has 0 fully saturated rings. The van der Waals surface area contributed by atoms with Gasteiger partial charge in [-0.15, -0.1) is 0 Å². The summed E-state index contributed by atoms with van der Waals surface area (Å²) in [5.41, 5.74) is 1.53. The molecule has 2 aromatic carbocycles. The molecular weight excluding hydrogens is 414 g/mol. The Morgan fingerprint density at radius 3 is 2.34 bits per heavy atom. The maximum absolute atomic E-state index is 13.0. The highest BCUT2D eigenvalue weighted by atomic mass is 35.5. The molecule has 4 nitrogen and oxygen atoms in total. The minimum atomic E-state index is -4.94. The van der Waals surface area contributed by atoms with Crippen LogP contribution in [0.1, 0.15) is 21.5 Å². The highest BCUT2D eigenvalue weighted by Gasteiger charge is 2.42. The maximum atomic E-state index is 13.0. The minimum absolute atomic E-state index is 0.0824. The second kappa shape index (κ2) is 8.41. The van der Waals surface area contributed by atoms with Crippen LogP contribution in [0.3, 0.4) is 0 Å². The second-order valence-corrected chi connectivity index (χ2v) is 6.93. The van der Waals surface area contributed by atoms with Crippen LogP contribution in [0, 0.1) is 5.82 Å². The fourth-order valence-corrected chi connectivity index (χ4v) is 3.39. The third-order valence-corrected chi connectivity index (χ3v) is 4.93. The zero-order valence-corrected chi connectivity index (χ0v) is 15.8. The molecular formula is C20H16ClF4NO3. The lowest BCUT2D eigenvalue weighted by atomic mass is 10.0. The molecule has 0 unspecified atom stereocenters. The van der Waals surface area contributed by atoms with Crippen LogP contribution in [0.15, 0.2) is 36.4 Å². The van der Waals surface area contributed by atoms with Gasteiger partial charge in [-0.05, 0) is 48.7 Å². The molecule has 1 aliphatic rings. The van der Waals surface area contributed by atoms with Crippen molar-refractivity contribution in [2.75, 3.05) is 19.7 Å². The van der Waals surface area contributed by atoms with Gasteiger partial charge in [0.2, 0.25) is 0 Å².